The molecule has 1 N–H and O–H groups in total. The number of carbonyl (C=O) groups excluding carboxylic acids is 1. The summed E-state index contributed by atoms with van der Waals surface area (Å²) in [7, 11) is 0. The predicted molar refractivity (Wildman–Crippen MR) is 102 cm³/mol. The van der Waals surface area contributed by atoms with Gasteiger partial charge in [0.1, 0.15) is 0 Å². The van der Waals surface area contributed by atoms with E-state index in [1.54, 1.807) is 30.6 Å². The number of aliphatic imine (C=N–C) groups is 1. The number of carbonyl (C=O) groups is 1. The van der Waals surface area contributed by atoms with E-state index < -0.39 is 0 Å². The zero-order valence-corrected chi connectivity index (χ0v) is 13.5. The standard InChI is InChI=1S/C21H17N3O/c25-21(24-23-16-18-11-5-2-6-12-18)19-13-7-8-14-20(19)22-15-17-9-3-1-4-10-17/h1-16H,(H,24,25). The Morgan fingerprint density at radius 1 is 0.720 bits per heavy atom. The first kappa shape index (κ1) is 16.3. The quantitative estimate of drug-likeness (QED) is 0.554. The van der Waals surface area contributed by atoms with Crippen LogP contribution in [0.2, 0.25) is 0 Å². The molecule has 0 aliphatic carbocycles. The minimum atomic E-state index is -0.298. The normalized spacial score (nSPS) is 11.0. The molecule has 0 heterocycles. The zero-order valence-electron chi connectivity index (χ0n) is 13.5. The van der Waals surface area contributed by atoms with Crippen LogP contribution in [0, 0.1) is 0 Å². The van der Waals surface area contributed by atoms with E-state index in [1.807, 2.05) is 66.7 Å². The molecule has 0 saturated carbocycles. The third kappa shape index (κ3) is 4.72. The molecule has 3 aromatic rings. The number of nitrogens with one attached hydrogen (secondary N) is 1. The molecule has 0 aliphatic rings. The van der Waals surface area contributed by atoms with Gasteiger partial charge in [-0.1, -0.05) is 72.8 Å². The Hall–Kier alpha value is -3.53. The van der Waals surface area contributed by atoms with Crippen LogP contribution in [-0.2, 0) is 0 Å². The molecule has 122 valence electrons. The van der Waals surface area contributed by atoms with Gasteiger partial charge in [-0.15, -0.1) is 0 Å². The SMILES string of the molecule is O=C(NN=Cc1ccccc1)c1ccccc1N=Cc1ccccc1. The molecule has 25 heavy (non-hydrogen) atoms. The molecule has 4 heteroatoms. The maximum Gasteiger partial charge on any atom is 0.273 e. The number of nitrogens with zero attached hydrogens (tertiary/aromatic N) is 2. The van der Waals surface area contributed by atoms with Gasteiger partial charge in [0.2, 0.25) is 0 Å². The number of hydrogen-bond donors (Lipinski definition) is 1. The van der Waals surface area contributed by atoms with Crippen molar-refractivity contribution >= 4 is 24.0 Å². The van der Waals surface area contributed by atoms with Crippen molar-refractivity contribution < 1.29 is 4.79 Å². The first-order chi connectivity index (χ1) is 12.3. The third-order valence-electron chi connectivity index (χ3n) is 3.48. The van der Waals surface area contributed by atoms with Crippen molar-refractivity contribution in [1.29, 1.82) is 0 Å². The second-order valence-electron chi connectivity index (χ2n) is 5.30. The summed E-state index contributed by atoms with van der Waals surface area (Å²) >= 11 is 0. The fourth-order valence-corrected chi connectivity index (χ4v) is 2.23. The van der Waals surface area contributed by atoms with Crippen LogP contribution in [0.15, 0.2) is 95.0 Å². The number of rotatable bonds is 5. The van der Waals surface area contributed by atoms with Crippen molar-refractivity contribution in [2.75, 3.05) is 0 Å². The number of hydrogen-bond acceptors (Lipinski definition) is 3. The van der Waals surface area contributed by atoms with E-state index in [1.165, 1.54) is 0 Å². The first-order valence-electron chi connectivity index (χ1n) is 7.89. The second-order valence-corrected chi connectivity index (χ2v) is 5.30. The summed E-state index contributed by atoms with van der Waals surface area (Å²) < 4.78 is 0. The number of hydrazone groups is 1. The molecule has 0 aromatic heterocycles. The lowest BCUT2D eigenvalue weighted by Crippen LogP contribution is -2.17. The van der Waals surface area contributed by atoms with E-state index in [2.05, 4.69) is 15.5 Å². The Bertz CT molecular complexity index is 887. The number of amides is 1. The Morgan fingerprint density at radius 2 is 1.28 bits per heavy atom. The van der Waals surface area contributed by atoms with Gasteiger partial charge < -0.3 is 0 Å². The van der Waals surface area contributed by atoms with Crippen LogP contribution in [0.25, 0.3) is 0 Å². The molecule has 0 bridgehead atoms. The van der Waals surface area contributed by atoms with Crippen LogP contribution in [-0.4, -0.2) is 18.3 Å². The van der Waals surface area contributed by atoms with E-state index in [0.717, 1.165) is 11.1 Å². The summed E-state index contributed by atoms with van der Waals surface area (Å²) in [5, 5.41) is 4.00. The van der Waals surface area contributed by atoms with Gasteiger partial charge in [0.05, 0.1) is 17.5 Å². The van der Waals surface area contributed by atoms with E-state index in [0.29, 0.717) is 11.3 Å². The van der Waals surface area contributed by atoms with Crippen molar-refractivity contribution in [2.45, 2.75) is 0 Å². The highest BCUT2D eigenvalue weighted by atomic mass is 16.2. The van der Waals surface area contributed by atoms with Crippen LogP contribution < -0.4 is 5.43 Å². The molecule has 3 rings (SSSR count). The van der Waals surface area contributed by atoms with Crippen LogP contribution in [0.1, 0.15) is 21.5 Å². The van der Waals surface area contributed by atoms with Crippen LogP contribution in [0.4, 0.5) is 5.69 Å². The van der Waals surface area contributed by atoms with Gasteiger partial charge in [0.15, 0.2) is 0 Å². The van der Waals surface area contributed by atoms with Gasteiger partial charge in [0, 0.05) is 6.21 Å². The smallest absolute Gasteiger partial charge is 0.267 e. The fraction of sp³-hybridized carbons (Fsp3) is 0. The topological polar surface area (TPSA) is 53.8 Å². The molecule has 0 unspecified atom stereocenters. The van der Waals surface area contributed by atoms with Crippen molar-refractivity contribution in [3.8, 4) is 0 Å². The largest absolute Gasteiger partial charge is 0.273 e. The monoisotopic (exact) mass is 327 g/mol. The Labute approximate surface area is 146 Å². The lowest BCUT2D eigenvalue weighted by atomic mass is 10.1. The molecular formula is C21H17N3O. The highest BCUT2D eigenvalue weighted by Gasteiger charge is 2.08. The van der Waals surface area contributed by atoms with Crippen molar-refractivity contribution in [3.05, 3.63) is 102 Å². The lowest BCUT2D eigenvalue weighted by Gasteiger charge is -2.03. The fourth-order valence-electron chi connectivity index (χ4n) is 2.23. The van der Waals surface area contributed by atoms with Gasteiger partial charge in [-0.05, 0) is 23.3 Å². The minimum Gasteiger partial charge on any atom is -0.267 e. The zero-order chi connectivity index (χ0) is 17.3. The van der Waals surface area contributed by atoms with Gasteiger partial charge >= 0.3 is 0 Å². The lowest BCUT2D eigenvalue weighted by molar-refractivity contribution is 0.0956. The summed E-state index contributed by atoms with van der Waals surface area (Å²) in [6.45, 7) is 0. The summed E-state index contributed by atoms with van der Waals surface area (Å²) in [5.41, 5.74) is 5.50. The molecule has 4 nitrogen and oxygen atoms in total. The molecule has 0 saturated heterocycles. The Balaban J connectivity index is 1.72. The van der Waals surface area contributed by atoms with Gasteiger partial charge in [-0.3, -0.25) is 9.79 Å². The summed E-state index contributed by atoms with van der Waals surface area (Å²) in [6, 6.07) is 26.5. The third-order valence-corrected chi connectivity index (χ3v) is 3.48. The molecule has 0 fully saturated rings. The van der Waals surface area contributed by atoms with E-state index >= 15 is 0 Å². The van der Waals surface area contributed by atoms with Gasteiger partial charge in [-0.25, -0.2) is 5.43 Å². The van der Waals surface area contributed by atoms with Crippen LogP contribution in [0.3, 0.4) is 0 Å². The van der Waals surface area contributed by atoms with E-state index in [4.69, 9.17) is 0 Å². The molecule has 1 amide bonds. The number of para-hydroxylation sites is 1. The van der Waals surface area contributed by atoms with Crippen molar-refractivity contribution in [3.63, 3.8) is 0 Å². The Morgan fingerprint density at radius 3 is 1.96 bits per heavy atom. The molecule has 0 atom stereocenters. The summed E-state index contributed by atoms with van der Waals surface area (Å²) in [6.07, 6.45) is 3.34. The van der Waals surface area contributed by atoms with Gasteiger partial charge in [-0.2, -0.15) is 5.10 Å². The molecule has 0 radical (unpaired) electrons. The van der Waals surface area contributed by atoms with Crippen LogP contribution >= 0.6 is 0 Å². The van der Waals surface area contributed by atoms with Crippen molar-refractivity contribution in [2.24, 2.45) is 10.1 Å². The molecular weight excluding hydrogens is 310 g/mol. The summed E-state index contributed by atoms with van der Waals surface area (Å²) in [4.78, 5) is 16.8. The Kier molecular flexibility index (Phi) is 5.46. The van der Waals surface area contributed by atoms with Crippen molar-refractivity contribution in [1.82, 2.24) is 5.43 Å². The average Bonchev–Trinajstić information content (AvgIpc) is 2.68. The molecule has 0 aliphatic heterocycles. The number of benzene rings is 3. The highest BCUT2D eigenvalue weighted by molar-refractivity contribution is 6.00. The minimum absolute atomic E-state index is 0.298. The average molecular weight is 327 g/mol. The van der Waals surface area contributed by atoms with E-state index in [9.17, 15) is 4.79 Å². The first-order valence-corrected chi connectivity index (χ1v) is 7.89. The molecule has 3 aromatic carbocycles. The molecule has 0 spiro atoms. The van der Waals surface area contributed by atoms with Crippen LogP contribution in [0.5, 0.6) is 0 Å². The predicted octanol–water partition coefficient (Wildman–Crippen LogP) is 4.20. The van der Waals surface area contributed by atoms with E-state index in [-0.39, 0.29) is 5.91 Å². The maximum atomic E-state index is 12.4. The highest BCUT2D eigenvalue weighted by Crippen LogP contribution is 2.18. The second kappa shape index (κ2) is 8.36. The maximum absolute atomic E-state index is 12.4. The summed E-state index contributed by atoms with van der Waals surface area (Å²) in [5.74, 6) is -0.298. The van der Waals surface area contributed by atoms with Gasteiger partial charge in [0.25, 0.3) is 5.91 Å².